The van der Waals surface area contributed by atoms with Gasteiger partial charge in [-0.15, -0.1) is 0 Å². The number of amides is 1. The first-order valence-electron chi connectivity index (χ1n) is 7.51. The Labute approximate surface area is 127 Å². The van der Waals surface area contributed by atoms with Crippen molar-refractivity contribution in [3.8, 4) is 0 Å². The maximum Gasteiger partial charge on any atom is 0.408 e. The first kappa shape index (κ1) is 15.7. The normalized spacial score (nSPS) is 21.6. The smallest absolute Gasteiger partial charge is 0.408 e. The molecule has 1 aromatic rings. The Kier molecular flexibility index (Phi) is 4.17. The summed E-state index contributed by atoms with van der Waals surface area (Å²) in [6.45, 7) is 5.90. The van der Waals surface area contributed by atoms with Crippen LogP contribution in [0.2, 0.25) is 0 Å². The van der Waals surface area contributed by atoms with Crippen LogP contribution < -0.4 is 4.90 Å². The van der Waals surface area contributed by atoms with Crippen LogP contribution in [-0.2, 0) is 0 Å². The Morgan fingerprint density at radius 3 is 2.33 bits per heavy atom. The summed E-state index contributed by atoms with van der Waals surface area (Å²) in [5, 5.41) is 9.57. The van der Waals surface area contributed by atoms with E-state index in [9.17, 15) is 9.90 Å². The third-order valence-corrected chi connectivity index (χ3v) is 4.31. The van der Waals surface area contributed by atoms with E-state index in [4.69, 9.17) is 0 Å². The molecule has 0 spiro atoms. The fraction of sp³-hybridized carbons (Fsp3) is 0.588. The Morgan fingerprint density at radius 1 is 1.24 bits per heavy atom. The van der Waals surface area contributed by atoms with Gasteiger partial charge in [-0.05, 0) is 51.3 Å². The van der Waals surface area contributed by atoms with Gasteiger partial charge in [-0.2, -0.15) is 0 Å². The van der Waals surface area contributed by atoms with E-state index in [1.807, 2.05) is 34.9 Å². The van der Waals surface area contributed by atoms with Crippen LogP contribution in [0.1, 0.15) is 45.1 Å². The first-order chi connectivity index (χ1) is 9.71. The fourth-order valence-corrected chi connectivity index (χ4v) is 3.14. The summed E-state index contributed by atoms with van der Waals surface area (Å²) in [5.74, 6) is 0.306. The van der Waals surface area contributed by atoms with Crippen LogP contribution >= 0.6 is 0 Å². The van der Waals surface area contributed by atoms with Gasteiger partial charge in [0.25, 0.3) is 0 Å². The number of carbonyl (C=O) groups is 1. The van der Waals surface area contributed by atoms with Crippen molar-refractivity contribution in [2.45, 2.75) is 51.1 Å². The average Bonchev–Trinajstić information content (AvgIpc) is 2.32. The SMILES string of the molecule is CN(C)c1cccc(C2CCC2N(C(=O)O)C(C)(C)C)c1. The van der Waals surface area contributed by atoms with E-state index >= 15 is 0 Å². The molecular formula is C17H26N2O2. The predicted octanol–water partition coefficient (Wildman–Crippen LogP) is 3.78. The van der Waals surface area contributed by atoms with Gasteiger partial charge < -0.3 is 10.0 Å². The molecule has 0 aliphatic heterocycles. The minimum Gasteiger partial charge on any atom is -0.465 e. The van der Waals surface area contributed by atoms with Gasteiger partial charge in [0.1, 0.15) is 0 Å². The van der Waals surface area contributed by atoms with E-state index in [1.165, 1.54) is 5.56 Å². The molecule has 1 aromatic carbocycles. The highest BCUT2D eigenvalue weighted by Gasteiger charge is 2.43. The second kappa shape index (κ2) is 5.58. The van der Waals surface area contributed by atoms with E-state index in [0.29, 0.717) is 5.92 Å². The number of nitrogens with zero attached hydrogens (tertiary/aromatic N) is 2. The molecule has 2 atom stereocenters. The molecule has 116 valence electrons. The van der Waals surface area contributed by atoms with E-state index in [-0.39, 0.29) is 11.6 Å². The standard InChI is InChI=1S/C17H26N2O2/c1-17(2,3)19(16(20)21)15-10-9-14(15)12-7-6-8-13(11-12)18(4)5/h6-8,11,14-15H,9-10H2,1-5H3,(H,20,21). The highest BCUT2D eigenvalue weighted by atomic mass is 16.4. The minimum atomic E-state index is -0.819. The maximum absolute atomic E-state index is 11.7. The number of carboxylic acid groups (broad SMARTS) is 1. The molecule has 0 bridgehead atoms. The monoisotopic (exact) mass is 290 g/mol. The van der Waals surface area contributed by atoms with Crippen molar-refractivity contribution in [1.29, 1.82) is 0 Å². The second-order valence-electron chi connectivity index (χ2n) is 7.06. The molecule has 0 heterocycles. The first-order valence-corrected chi connectivity index (χ1v) is 7.51. The Balaban J connectivity index is 2.26. The zero-order chi connectivity index (χ0) is 15.8. The topological polar surface area (TPSA) is 43.8 Å². The van der Waals surface area contributed by atoms with Crippen LogP contribution in [0.5, 0.6) is 0 Å². The van der Waals surface area contributed by atoms with Crippen molar-refractivity contribution in [3.63, 3.8) is 0 Å². The summed E-state index contributed by atoms with van der Waals surface area (Å²) in [7, 11) is 4.05. The van der Waals surface area contributed by atoms with Gasteiger partial charge >= 0.3 is 6.09 Å². The zero-order valence-electron chi connectivity index (χ0n) is 13.6. The van der Waals surface area contributed by atoms with Crippen LogP contribution in [-0.4, -0.2) is 41.8 Å². The molecular weight excluding hydrogens is 264 g/mol. The average molecular weight is 290 g/mol. The van der Waals surface area contributed by atoms with Gasteiger partial charge in [0.15, 0.2) is 0 Å². The van der Waals surface area contributed by atoms with Gasteiger partial charge in [-0.1, -0.05) is 12.1 Å². The number of hydrogen-bond donors (Lipinski definition) is 1. The maximum atomic E-state index is 11.7. The molecule has 2 rings (SSSR count). The van der Waals surface area contributed by atoms with Crippen LogP contribution in [0.15, 0.2) is 24.3 Å². The molecule has 21 heavy (non-hydrogen) atoms. The molecule has 1 saturated carbocycles. The van der Waals surface area contributed by atoms with Gasteiger partial charge in [0, 0.05) is 37.3 Å². The van der Waals surface area contributed by atoms with Gasteiger partial charge in [0.2, 0.25) is 0 Å². The van der Waals surface area contributed by atoms with Crippen molar-refractivity contribution >= 4 is 11.8 Å². The molecule has 0 saturated heterocycles. The lowest BCUT2D eigenvalue weighted by atomic mass is 9.73. The minimum absolute atomic E-state index is 0.0833. The molecule has 1 fully saturated rings. The molecule has 2 unspecified atom stereocenters. The Morgan fingerprint density at radius 2 is 1.90 bits per heavy atom. The lowest BCUT2D eigenvalue weighted by molar-refractivity contribution is 0.0295. The third-order valence-electron chi connectivity index (χ3n) is 4.31. The van der Waals surface area contributed by atoms with Gasteiger partial charge in [-0.25, -0.2) is 4.79 Å². The summed E-state index contributed by atoms with van der Waals surface area (Å²) in [6.07, 6.45) is 1.18. The summed E-state index contributed by atoms with van der Waals surface area (Å²) in [5.41, 5.74) is 2.04. The molecule has 0 radical (unpaired) electrons. The molecule has 1 aliphatic rings. The number of hydrogen-bond acceptors (Lipinski definition) is 2. The molecule has 1 amide bonds. The summed E-state index contributed by atoms with van der Waals surface area (Å²) < 4.78 is 0. The summed E-state index contributed by atoms with van der Waals surface area (Å²) in [4.78, 5) is 15.4. The van der Waals surface area contributed by atoms with Crippen molar-refractivity contribution in [1.82, 2.24) is 4.90 Å². The van der Waals surface area contributed by atoms with Crippen LogP contribution in [0.4, 0.5) is 10.5 Å². The quantitative estimate of drug-likeness (QED) is 0.921. The fourth-order valence-electron chi connectivity index (χ4n) is 3.14. The highest BCUT2D eigenvalue weighted by molar-refractivity contribution is 5.67. The molecule has 0 aromatic heterocycles. The van der Waals surface area contributed by atoms with E-state index < -0.39 is 6.09 Å². The van der Waals surface area contributed by atoms with E-state index in [0.717, 1.165) is 18.5 Å². The van der Waals surface area contributed by atoms with E-state index in [2.05, 4.69) is 29.2 Å². The van der Waals surface area contributed by atoms with Gasteiger partial charge in [-0.3, -0.25) is 4.90 Å². The lowest BCUT2D eigenvalue weighted by Crippen LogP contribution is -2.56. The number of benzene rings is 1. The van der Waals surface area contributed by atoms with Crippen LogP contribution in [0.25, 0.3) is 0 Å². The summed E-state index contributed by atoms with van der Waals surface area (Å²) >= 11 is 0. The largest absolute Gasteiger partial charge is 0.465 e. The lowest BCUT2D eigenvalue weighted by Gasteiger charge is -2.49. The predicted molar refractivity (Wildman–Crippen MR) is 86.1 cm³/mol. The second-order valence-corrected chi connectivity index (χ2v) is 7.06. The van der Waals surface area contributed by atoms with Crippen molar-refractivity contribution in [2.24, 2.45) is 0 Å². The van der Waals surface area contributed by atoms with Crippen molar-refractivity contribution in [3.05, 3.63) is 29.8 Å². The van der Waals surface area contributed by atoms with Crippen molar-refractivity contribution < 1.29 is 9.90 Å². The summed E-state index contributed by atoms with van der Waals surface area (Å²) in [6, 6.07) is 8.52. The molecule has 1 aliphatic carbocycles. The van der Waals surface area contributed by atoms with Crippen LogP contribution in [0.3, 0.4) is 0 Å². The van der Waals surface area contributed by atoms with Crippen molar-refractivity contribution in [2.75, 3.05) is 19.0 Å². The van der Waals surface area contributed by atoms with E-state index in [1.54, 1.807) is 4.90 Å². The molecule has 4 nitrogen and oxygen atoms in total. The number of rotatable bonds is 3. The third kappa shape index (κ3) is 3.14. The Bertz CT molecular complexity index is 520. The van der Waals surface area contributed by atoms with Crippen LogP contribution in [0, 0.1) is 0 Å². The van der Waals surface area contributed by atoms with Gasteiger partial charge in [0.05, 0.1) is 0 Å². The number of anilines is 1. The Hall–Kier alpha value is -1.71. The molecule has 1 N–H and O–H groups in total. The highest BCUT2D eigenvalue weighted by Crippen LogP contribution is 2.43. The zero-order valence-corrected chi connectivity index (χ0v) is 13.6. The molecule has 4 heteroatoms.